The van der Waals surface area contributed by atoms with Gasteiger partial charge in [-0.1, -0.05) is 212 Å². The van der Waals surface area contributed by atoms with Crippen LogP contribution in [0.25, 0.3) is 116 Å². The van der Waals surface area contributed by atoms with Crippen molar-refractivity contribution in [3.05, 3.63) is 279 Å². The molecule has 0 atom stereocenters. The summed E-state index contributed by atoms with van der Waals surface area (Å²) in [5, 5.41) is 7.25. The Morgan fingerprint density at radius 2 is 0.712 bits per heavy atom. The van der Waals surface area contributed by atoms with Gasteiger partial charge in [0.25, 0.3) is 0 Å². The van der Waals surface area contributed by atoms with Crippen molar-refractivity contribution in [1.29, 1.82) is 0 Å². The Morgan fingerprint density at radius 1 is 0.274 bits per heavy atom. The largest absolute Gasteiger partial charge is 0.455 e. The van der Waals surface area contributed by atoms with Gasteiger partial charge in [0.1, 0.15) is 11.2 Å². The fourth-order valence-corrected chi connectivity index (χ4v) is 11.1. The highest BCUT2D eigenvalue weighted by Crippen LogP contribution is 2.43. The predicted octanol–water partition coefficient (Wildman–Crippen LogP) is 19.6. The maximum Gasteiger partial charge on any atom is 0.143 e. The van der Waals surface area contributed by atoms with Gasteiger partial charge in [-0.2, -0.15) is 0 Å². The zero-order valence-electron chi connectivity index (χ0n) is 39.9. The number of para-hydroxylation sites is 5. The highest BCUT2D eigenvalue weighted by molar-refractivity contribution is 6.11. The lowest BCUT2D eigenvalue weighted by Crippen LogP contribution is -2.09. The molecule has 0 spiro atoms. The summed E-state index contributed by atoms with van der Waals surface area (Å²) in [7, 11) is 0. The molecule has 12 aromatic carbocycles. The molecular weight excluding hydrogens is 885 g/mol. The third kappa shape index (κ3) is 7.37. The molecule has 0 saturated heterocycles. The second-order valence-electron chi connectivity index (χ2n) is 18.8. The lowest BCUT2D eigenvalue weighted by atomic mass is 9.93. The molecule has 0 fully saturated rings. The van der Waals surface area contributed by atoms with E-state index < -0.39 is 0 Å². The minimum Gasteiger partial charge on any atom is -0.455 e. The highest BCUT2D eigenvalue weighted by Gasteiger charge is 2.19. The zero-order valence-corrected chi connectivity index (χ0v) is 39.9. The number of benzene rings is 12. The standard InChI is InChI=1S/C70H46N2O/c1-2-15-53-46-54(33-30-47(53)14-1)50-36-42-56(43-37-50)71(57-44-38-51(39-45-57)58-16-3-4-18-60(58)64-22-13-23-65-63-21-8-12-27-69(63)73-70(64)65)55-40-34-49(35-41-55)48-28-31-52(32-29-48)59-17-5-9-24-66(59)72-67-25-10-6-19-61(67)62-20-7-11-26-68(62)72/h1-46H. The molecule has 0 aliphatic carbocycles. The van der Waals surface area contributed by atoms with Crippen molar-refractivity contribution in [1.82, 2.24) is 4.57 Å². The summed E-state index contributed by atoms with van der Waals surface area (Å²) in [6, 6.07) is 101. The number of anilines is 3. The minimum absolute atomic E-state index is 0.900. The molecular formula is C70H46N2O. The molecule has 73 heavy (non-hydrogen) atoms. The maximum absolute atomic E-state index is 6.53. The summed E-state index contributed by atoms with van der Waals surface area (Å²) in [4.78, 5) is 2.35. The van der Waals surface area contributed by atoms with Gasteiger partial charge < -0.3 is 13.9 Å². The summed E-state index contributed by atoms with van der Waals surface area (Å²) >= 11 is 0. The van der Waals surface area contributed by atoms with Crippen LogP contribution >= 0.6 is 0 Å². The first kappa shape index (κ1) is 42.2. The van der Waals surface area contributed by atoms with Gasteiger partial charge in [-0.3, -0.25) is 0 Å². The van der Waals surface area contributed by atoms with Gasteiger partial charge in [0.15, 0.2) is 0 Å². The van der Waals surface area contributed by atoms with Crippen molar-refractivity contribution in [2.45, 2.75) is 0 Å². The molecule has 342 valence electrons. The average Bonchev–Trinajstić information content (AvgIpc) is 4.02. The second kappa shape index (κ2) is 17.6. The molecule has 0 bridgehead atoms. The van der Waals surface area contributed by atoms with Gasteiger partial charge in [0.05, 0.1) is 16.7 Å². The number of nitrogens with zero attached hydrogens (tertiary/aromatic N) is 2. The molecule has 2 aromatic heterocycles. The molecule has 0 saturated carbocycles. The SMILES string of the molecule is c1ccc(-c2cccc3c2oc2ccccc23)c(-c2ccc(N(c3ccc(-c4ccc(-c5ccccc5-n5c6ccccc6c6ccccc65)cc4)cc3)c3ccc(-c4ccc5ccccc5c4)cc3)cc2)c1. The summed E-state index contributed by atoms with van der Waals surface area (Å²) in [6.45, 7) is 0. The fraction of sp³-hybridized carbons (Fsp3) is 0. The van der Waals surface area contributed by atoms with Gasteiger partial charge in [0, 0.05) is 49.7 Å². The monoisotopic (exact) mass is 930 g/mol. The molecule has 2 heterocycles. The van der Waals surface area contributed by atoms with Crippen LogP contribution in [0.15, 0.2) is 283 Å². The van der Waals surface area contributed by atoms with E-state index in [0.717, 1.165) is 72.4 Å². The molecule has 3 nitrogen and oxygen atoms in total. The van der Waals surface area contributed by atoms with Crippen LogP contribution in [-0.2, 0) is 0 Å². The molecule has 0 amide bonds. The zero-order chi connectivity index (χ0) is 48.2. The van der Waals surface area contributed by atoms with Gasteiger partial charge in [-0.25, -0.2) is 0 Å². The molecule has 0 aliphatic rings. The lowest BCUT2D eigenvalue weighted by molar-refractivity contribution is 0.670. The minimum atomic E-state index is 0.900. The first-order chi connectivity index (χ1) is 36.2. The molecule has 0 unspecified atom stereocenters. The number of aromatic nitrogens is 1. The second-order valence-corrected chi connectivity index (χ2v) is 18.8. The van der Waals surface area contributed by atoms with E-state index in [4.69, 9.17) is 4.42 Å². The topological polar surface area (TPSA) is 21.3 Å². The number of fused-ring (bicyclic) bond motifs is 7. The molecule has 0 aliphatic heterocycles. The first-order valence-corrected chi connectivity index (χ1v) is 25.0. The lowest BCUT2D eigenvalue weighted by Gasteiger charge is -2.26. The number of hydrogen-bond acceptors (Lipinski definition) is 2. The van der Waals surface area contributed by atoms with Crippen LogP contribution in [0, 0.1) is 0 Å². The molecule has 3 heteroatoms. The van der Waals surface area contributed by atoms with E-state index in [9.17, 15) is 0 Å². The molecule has 0 radical (unpaired) electrons. The van der Waals surface area contributed by atoms with Crippen LogP contribution in [0.1, 0.15) is 0 Å². The smallest absolute Gasteiger partial charge is 0.143 e. The van der Waals surface area contributed by atoms with Crippen LogP contribution in [0.2, 0.25) is 0 Å². The van der Waals surface area contributed by atoms with Crippen molar-refractivity contribution < 1.29 is 4.42 Å². The van der Waals surface area contributed by atoms with E-state index in [0.29, 0.717) is 0 Å². The van der Waals surface area contributed by atoms with E-state index in [1.54, 1.807) is 0 Å². The Kier molecular flexibility index (Phi) is 10.2. The van der Waals surface area contributed by atoms with Crippen molar-refractivity contribution >= 4 is 71.6 Å². The summed E-state index contributed by atoms with van der Waals surface area (Å²) in [5.41, 5.74) is 20.2. The Labute approximate surface area is 423 Å². The molecule has 0 N–H and O–H groups in total. The van der Waals surface area contributed by atoms with E-state index in [1.807, 2.05) is 12.1 Å². The van der Waals surface area contributed by atoms with Crippen molar-refractivity contribution in [2.24, 2.45) is 0 Å². The summed E-state index contributed by atoms with van der Waals surface area (Å²) in [5.74, 6) is 0. The first-order valence-electron chi connectivity index (χ1n) is 25.0. The van der Waals surface area contributed by atoms with E-state index >= 15 is 0 Å². The Balaban J connectivity index is 0.810. The van der Waals surface area contributed by atoms with Crippen LogP contribution in [0.4, 0.5) is 17.1 Å². The van der Waals surface area contributed by atoms with Gasteiger partial charge in [-0.05, 0) is 122 Å². The van der Waals surface area contributed by atoms with Crippen LogP contribution < -0.4 is 4.90 Å². The highest BCUT2D eigenvalue weighted by atomic mass is 16.3. The Hall–Kier alpha value is -9.70. The Bertz CT molecular complexity index is 4300. The predicted molar refractivity (Wildman–Crippen MR) is 307 cm³/mol. The van der Waals surface area contributed by atoms with E-state index in [-0.39, 0.29) is 0 Å². The van der Waals surface area contributed by atoms with E-state index in [1.165, 1.54) is 60.5 Å². The van der Waals surface area contributed by atoms with Gasteiger partial charge in [-0.15, -0.1) is 0 Å². The summed E-state index contributed by atoms with van der Waals surface area (Å²) in [6.07, 6.45) is 0. The molecule has 14 aromatic rings. The number of furan rings is 1. The van der Waals surface area contributed by atoms with Crippen molar-refractivity contribution in [3.8, 4) is 61.3 Å². The normalized spacial score (nSPS) is 11.6. The van der Waals surface area contributed by atoms with Crippen LogP contribution in [-0.4, -0.2) is 4.57 Å². The van der Waals surface area contributed by atoms with Crippen molar-refractivity contribution in [3.63, 3.8) is 0 Å². The Morgan fingerprint density at radius 3 is 1.38 bits per heavy atom. The van der Waals surface area contributed by atoms with Gasteiger partial charge in [0.2, 0.25) is 0 Å². The maximum atomic E-state index is 6.53. The van der Waals surface area contributed by atoms with Crippen LogP contribution in [0.3, 0.4) is 0 Å². The third-order valence-corrected chi connectivity index (χ3v) is 14.6. The summed E-state index contributed by atoms with van der Waals surface area (Å²) < 4.78 is 8.93. The van der Waals surface area contributed by atoms with E-state index in [2.05, 4.69) is 276 Å². The molecule has 14 rings (SSSR count). The van der Waals surface area contributed by atoms with Crippen molar-refractivity contribution in [2.75, 3.05) is 4.90 Å². The fourth-order valence-electron chi connectivity index (χ4n) is 11.1. The third-order valence-electron chi connectivity index (χ3n) is 14.6. The average molecular weight is 931 g/mol. The number of rotatable bonds is 9. The quantitative estimate of drug-likeness (QED) is 0.144. The van der Waals surface area contributed by atoms with Gasteiger partial charge >= 0.3 is 0 Å². The number of hydrogen-bond donors (Lipinski definition) is 0. The van der Waals surface area contributed by atoms with Crippen LogP contribution in [0.5, 0.6) is 0 Å².